The second kappa shape index (κ2) is 5.25. The van der Waals surface area contributed by atoms with Gasteiger partial charge in [-0.05, 0) is 42.5 Å². The van der Waals surface area contributed by atoms with Crippen LogP contribution in [0.2, 0.25) is 0 Å². The molecule has 4 heteroatoms. The number of aryl methyl sites for hydroxylation is 1. The number of ketones is 1. The van der Waals surface area contributed by atoms with Crippen molar-refractivity contribution in [2.24, 2.45) is 5.41 Å². The first-order valence-corrected chi connectivity index (χ1v) is 9.33. The van der Waals surface area contributed by atoms with E-state index >= 15 is 0 Å². The van der Waals surface area contributed by atoms with Crippen molar-refractivity contribution in [3.8, 4) is 0 Å². The average molecular weight is 438 g/mol. The van der Waals surface area contributed by atoms with Crippen LogP contribution in [0.5, 0.6) is 0 Å². The van der Waals surface area contributed by atoms with E-state index in [0.29, 0.717) is 0 Å². The maximum absolute atomic E-state index is 13.4. The van der Waals surface area contributed by atoms with Crippen molar-refractivity contribution < 1.29 is 9.18 Å². The highest BCUT2D eigenvalue weighted by Crippen LogP contribution is 2.79. The molecule has 1 nitrogen and oxygen atoms in total. The second-order valence-electron chi connectivity index (χ2n) is 6.42. The first-order chi connectivity index (χ1) is 11.0. The number of carbonyl (C=O) groups is 1. The van der Waals surface area contributed by atoms with Gasteiger partial charge in [0, 0.05) is 11.5 Å². The predicted molar refractivity (Wildman–Crippen MR) is 95.9 cm³/mol. The summed E-state index contributed by atoms with van der Waals surface area (Å²) in [5.74, 6) is -0.0568. The van der Waals surface area contributed by atoms with Crippen molar-refractivity contribution in [3.05, 3.63) is 71.0 Å². The third kappa shape index (κ3) is 2.11. The summed E-state index contributed by atoms with van der Waals surface area (Å²) in [6.07, 6.45) is 2.72. The Morgan fingerprint density at radius 2 is 1.74 bits per heavy atom. The largest absolute Gasteiger partial charge is 0.293 e. The highest BCUT2D eigenvalue weighted by atomic mass is 79.9. The normalized spacial score (nSPS) is 28.3. The number of rotatable bonds is 1. The second-order valence-corrected chi connectivity index (χ2v) is 9.98. The summed E-state index contributed by atoms with van der Waals surface area (Å²) in [6, 6.07) is 14.4. The molecule has 0 amide bonds. The zero-order valence-corrected chi connectivity index (χ0v) is 15.5. The van der Waals surface area contributed by atoms with Gasteiger partial charge in [0.25, 0.3) is 0 Å². The minimum atomic E-state index is -0.503. The molecular weight excluding hydrogens is 423 g/mol. The fourth-order valence-corrected chi connectivity index (χ4v) is 6.37. The summed E-state index contributed by atoms with van der Waals surface area (Å²) in [5, 5.41) is 0. The van der Waals surface area contributed by atoms with Crippen molar-refractivity contribution in [3.63, 3.8) is 0 Å². The van der Waals surface area contributed by atoms with E-state index in [1.807, 2.05) is 24.3 Å². The van der Waals surface area contributed by atoms with E-state index in [0.717, 1.165) is 36.0 Å². The van der Waals surface area contributed by atoms with Crippen LogP contribution in [0.3, 0.4) is 0 Å². The van der Waals surface area contributed by atoms with Gasteiger partial charge in [0.15, 0.2) is 5.78 Å². The summed E-state index contributed by atoms with van der Waals surface area (Å²) < 4.78 is 12.8. The molecule has 0 aromatic heterocycles. The minimum Gasteiger partial charge on any atom is -0.293 e. The molecule has 0 unspecified atom stereocenters. The summed E-state index contributed by atoms with van der Waals surface area (Å²) in [4.78, 5) is 13.4. The van der Waals surface area contributed by atoms with Crippen molar-refractivity contribution in [1.29, 1.82) is 0 Å². The number of alkyl halides is 2. The Labute approximate surface area is 151 Å². The molecule has 2 atom stereocenters. The highest BCUT2D eigenvalue weighted by Gasteiger charge is 2.78. The minimum absolute atomic E-state index is 0.00857. The van der Waals surface area contributed by atoms with Crippen LogP contribution >= 0.6 is 31.9 Å². The lowest BCUT2D eigenvalue weighted by Gasteiger charge is -2.15. The Morgan fingerprint density at radius 1 is 1.04 bits per heavy atom. The quantitative estimate of drug-likeness (QED) is 0.529. The Morgan fingerprint density at radius 3 is 2.48 bits per heavy atom. The average Bonchev–Trinajstić information content (AvgIpc) is 3.09. The molecule has 2 aromatic carbocycles. The van der Waals surface area contributed by atoms with Crippen LogP contribution in [0, 0.1) is 11.2 Å². The summed E-state index contributed by atoms with van der Waals surface area (Å²) in [5.41, 5.74) is 2.46. The van der Waals surface area contributed by atoms with Crippen LogP contribution in [0.15, 0.2) is 48.5 Å². The predicted octanol–water partition coefficient (Wildman–Crippen LogP) is 5.61. The zero-order chi connectivity index (χ0) is 16.2. The molecule has 1 saturated carbocycles. The molecule has 1 spiro atoms. The number of benzene rings is 2. The molecule has 2 aliphatic carbocycles. The van der Waals surface area contributed by atoms with Crippen LogP contribution in [0.1, 0.15) is 40.2 Å². The highest BCUT2D eigenvalue weighted by molar-refractivity contribution is 9.25. The van der Waals surface area contributed by atoms with E-state index < -0.39 is 8.65 Å². The number of fused-ring (bicyclic) bond motifs is 1. The first kappa shape index (κ1) is 15.5. The molecule has 0 radical (unpaired) electrons. The monoisotopic (exact) mass is 436 g/mol. The van der Waals surface area contributed by atoms with Crippen molar-refractivity contribution in [2.45, 2.75) is 28.4 Å². The lowest BCUT2D eigenvalue weighted by atomic mass is 9.88. The van der Waals surface area contributed by atoms with Crippen molar-refractivity contribution in [2.75, 3.05) is 0 Å². The van der Waals surface area contributed by atoms with Gasteiger partial charge >= 0.3 is 0 Å². The van der Waals surface area contributed by atoms with E-state index in [9.17, 15) is 9.18 Å². The van der Waals surface area contributed by atoms with E-state index in [2.05, 4.69) is 31.9 Å². The lowest BCUT2D eigenvalue weighted by Crippen LogP contribution is -2.21. The number of hydrogen-bond donors (Lipinski definition) is 0. The van der Waals surface area contributed by atoms with Gasteiger partial charge in [0.2, 0.25) is 0 Å². The van der Waals surface area contributed by atoms with Gasteiger partial charge in [0.05, 0.1) is 5.41 Å². The molecular formula is C19H15Br2FO. The van der Waals surface area contributed by atoms with Gasteiger partial charge in [-0.15, -0.1) is 0 Å². The zero-order valence-electron chi connectivity index (χ0n) is 12.4. The Hall–Kier alpha value is -1.00. The summed E-state index contributed by atoms with van der Waals surface area (Å²) in [6.45, 7) is 0. The third-order valence-electron chi connectivity index (χ3n) is 5.25. The van der Waals surface area contributed by atoms with Gasteiger partial charge in [-0.1, -0.05) is 68.3 Å². The molecule has 4 rings (SSSR count). The molecule has 23 heavy (non-hydrogen) atoms. The van der Waals surface area contributed by atoms with Gasteiger partial charge in [-0.25, -0.2) is 4.39 Å². The molecule has 0 saturated heterocycles. The summed E-state index contributed by atoms with van der Waals surface area (Å²) >= 11 is 7.51. The molecule has 0 N–H and O–H groups in total. The van der Waals surface area contributed by atoms with Crippen LogP contribution in [0.4, 0.5) is 4.39 Å². The van der Waals surface area contributed by atoms with Gasteiger partial charge in [-0.2, -0.15) is 0 Å². The molecule has 118 valence electrons. The van der Waals surface area contributed by atoms with Gasteiger partial charge < -0.3 is 0 Å². The van der Waals surface area contributed by atoms with E-state index in [4.69, 9.17) is 0 Å². The lowest BCUT2D eigenvalue weighted by molar-refractivity contribution is 0.0890. The number of carbonyl (C=O) groups excluding carboxylic acids is 1. The Kier molecular flexibility index (Phi) is 3.54. The maximum atomic E-state index is 13.4. The standard InChI is InChI=1S/C19H15Br2FO/c20-19(21)16(13-7-9-14(22)10-8-13)18(19)11-3-5-12-4-1-2-6-15(12)17(18)23/h1-2,4,6-10,16H,3,5,11H2/t16-,18+/m1/s1. The fourth-order valence-electron chi connectivity index (χ4n) is 4.07. The SMILES string of the molecule is O=C1c2ccccc2CCC[C@]12[C@@H](c1ccc(F)cc1)C2(Br)Br. The van der Waals surface area contributed by atoms with E-state index in [1.165, 1.54) is 12.1 Å². The molecule has 0 heterocycles. The van der Waals surface area contributed by atoms with Crippen LogP contribution in [-0.4, -0.2) is 9.02 Å². The fraction of sp³-hybridized carbons (Fsp3) is 0.316. The maximum Gasteiger partial charge on any atom is 0.172 e. The topological polar surface area (TPSA) is 17.1 Å². The molecule has 2 aliphatic rings. The Balaban J connectivity index is 1.81. The van der Waals surface area contributed by atoms with Gasteiger partial charge in [0.1, 0.15) is 9.05 Å². The van der Waals surface area contributed by atoms with Crippen LogP contribution in [0.25, 0.3) is 0 Å². The van der Waals surface area contributed by atoms with E-state index in [-0.39, 0.29) is 17.5 Å². The Bertz CT molecular complexity index is 784. The smallest absolute Gasteiger partial charge is 0.172 e. The summed E-state index contributed by atoms with van der Waals surface area (Å²) in [7, 11) is 0. The number of hydrogen-bond acceptors (Lipinski definition) is 1. The van der Waals surface area contributed by atoms with Crippen LogP contribution < -0.4 is 0 Å². The molecule has 1 fully saturated rings. The van der Waals surface area contributed by atoms with Crippen molar-refractivity contribution >= 4 is 37.6 Å². The van der Waals surface area contributed by atoms with Crippen LogP contribution in [-0.2, 0) is 6.42 Å². The van der Waals surface area contributed by atoms with Crippen molar-refractivity contribution in [1.82, 2.24) is 0 Å². The third-order valence-corrected chi connectivity index (χ3v) is 7.59. The van der Waals surface area contributed by atoms with E-state index in [1.54, 1.807) is 12.1 Å². The molecule has 0 aliphatic heterocycles. The first-order valence-electron chi connectivity index (χ1n) is 7.74. The number of Topliss-reactive ketones (excluding diaryl/α,β-unsaturated/α-hetero) is 1. The molecule has 0 bridgehead atoms. The van der Waals surface area contributed by atoms with Gasteiger partial charge in [-0.3, -0.25) is 4.79 Å². The molecule has 2 aromatic rings. The number of halogens is 3.